The lowest BCUT2D eigenvalue weighted by atomic mass is 10.2. The number of rotatable bonds is 4. The Morgan fingerprint density at radius 2 is 2.38 bits per heavy atom. The van der Waals surface area contributed by atoms with Crippen LogP contribution in [0.1, 0.15) is 17.8 Å². The van der Waals surface area contributed by atoms with E-state index in [0.717, 1.165) is 11.6 Å². The van der Waals surface area contributed by atoms with Crippen LogP contribution in [0.2, 0.25) is 5.02 Å². The van der Waals surface area contributed by atoms with Crippen molar-refractivity contribution in [3.05, 3.63) is 34.1 Å². The summed E-state index contributed by atoms with van der Waals surface area (Å²) in [6.07, 6.45) is 4.86. The van der Waals surface area contributed by atoms with E-state index in [1.165, 1.54) is 6.33 Å². The fraction of sp³-hybridized carbons (Fsp3) is 0.300. The van der Waals surface area contributed by atoms with E-state index in [9.17, 15) is 0 Å². The van der Waals surface area contributed by atoms with Gasteiger partial charge < -0.3 is 5.32 Å². The minimum atomic E-state index is 0.339. The molecule has 0 saturated carbocycles. The summed E-state index contributed by atoms with van der Waals surface area (Å²) < 4.78 is 0. The lowest BCUT2D eigenvalue weighted by Crippen LogP contribution is -2.11. The number of thiazole rings is 1. The summed E-state index contributed by atoms with van der Waals surface area (Å²) in [6.45, 7) is 2.87. The highest BCUT2D eigenvalue weighted by molar-refractivity contribution is 7.09. The first-order chi connectivity index (χ1) is 7.77. The minimum Gasteiger partial charge on any atom is -0.368 e. The van der Waals surface area contributed by atoms with Gasteiger partial charge in [0, 0.05) is 24.0 Å². The zero-order valence-electron chi connectivity index (χ0n) is 8.72. The van der Waals surface area contributed by atoms with E-state index in [4.69, 9.17) is 11.6 Å². The molecule has 0 aliphatic heterocycles. The maximum absolute atomic E-state index is 5.93. The Kier molecular flexibility index (Phi) is 3.69. The maximum atomic E-state index is 5.93. The molecule has 2 rings (SSSR count). The van der Waals surface area contributed by atoms with Gasteiger partial charge in [-0.05, 0) is 0 Å². The molecule has 0 aliphatic carbocycles. The minimum absolute atomic E-state index is 0.339. The molecule has 2 aromatic rings. The molecule has 1 atom stereocenters. The number of halogens is 1. The Bertz CT molecular complexity index is 446. The van der Waals surface area contributed by atoms with E-state index >= 15 is 0 Å². The number of nitrogens with one attached hydrogen (secondary N) is 1. The van der Waals surface area contributed by atoms with Gasteiger partial charge in [-0.25, -0.2) is 15.0 Å². The van der Waals surface area contributed by atoms with Crippen LogP contribution in [0.3, 0.4) is 0 Å². The normalized spacial score (nSPS) is 12.4. The molecule has 0 spiro atoms. The van der Waals surface area contributed by atoms with Gasteiger partial charge in [0.1, 0.15) is 17.2 Å². The molecule has 4 nitrogen and oxygen atoms in total. The zero-order valence-corrected chi connectivity index (χ0v) is 10.3. The quantitative estimate of drug-likeness (QED) is 0.912. The van der Waals surface area contributed by atoms with Gasteiger partial charge in [-0.2, -0.15) is 0 Å². The summed E-state index contributed by atoms with van der Waals surface area (Å²) in [6, 6.07) is 0. The molecule has 84 valence electrons. The molecule has 0 bridgehead atoms. The molecule has 0 fully saturated rings. The van der Waals surface area contributed by atoms with Crippen molar-refractivity contribution < 1.29 is 0 Å². The van der Waals surface area contributed by atoms with Gasteiger partial charge in [0.15, 0.2) is 0 Å². The van der Waals surface area contributed by atoms with Crippen LogP contribution in [0.15, 0.2) is 24.1 Å². The molecular weight excluding hydrogens is 244 g/mol. The molecule has 0 aliphatic rings. The van der Waals surface area contributed by atoms with E-state index in [1.807, 2.05) is 11.6 Å². The van der Waals surface area contributed by atoms with Crippen LogP contribution in [0.4, 0.5) is 5.82 Å². The van der Waals surface area contributed by atoms with Crippen LogP contribution < -0.4 is 5.32 Å². The number of hydrogen-bond donors (Lipinski definition) is 1. The van der Waals surface area contributed by atoms with E-state index in [2.05, 4.69) is 27.2 Å². The first kappa shape index (κ1) is 11.3. The van der Waals surface area contributed by atoms with Crippen LogP contribution in [-0.4, -0.2) is 21.5 Å². The number of aromatic nitrogens is 3. The fourth-order valence-corrected chi connectivity index (χ4v) is 2.13. The highest BCUT2D eigenvalue weighted by atomic mass is 35.5. The highest BCUT2D eigenvalue weighted by Gasteiger charge is 2.09. The van der Waals surface area contributed by atoms with E-state index < -0.39 is 0 Å². The zero-order chi connectivity index (χ0) is 11.4. The van der Waals surface area contributed by atoms with Crippen molar-refractivity contribution in [3.63, 3.8) is 0 Å². The van der Waals surface area contributed by atoms with Gasteiger partial charge in [0.25, 0.3) is 0 Å². The van der Waals surface area contributed by atoms with Gasteiger partial charge in [0.2, 0.25) is 0 Å². The molecule has 2 heterocycles. The van der Waals surface area contributed by atoms with Crippen LogP contribution in [-0.2, 0) is 0 Å². The van der Waals surface area contributed by atoms with E-state index in [0.29, 0.717) is 16.8 Å². The van der Waals surface area contributed by atoms with Crippen molar-refractivity contribution in [2.45, 2.75) is 12.8 Å². The van der Waals surface area contributed by atoms with Gasteiger partial charge in [-0.1, -0.05) is 18.5 Å². The fourth-order valence-electron chi connectivity index (χ4n) is 1.26. The number of hydrogen-bond acceptors (Lipinski definition) is 5. The molecule has 0 radical (unpaired) electrons. The Morgan fingerprint density at radius 1 is 1.50 bits per heavy atom. The lowest BCUT2D eigenvalue weighted by molar-refractivity contribution is 0.791. The van der Waals surface area contributed by atoms with Crippen LogP contribution in [0.25, 0.3) is 0 Å². The van der Waals surface area contributed by atoms with Crippen LogP contribution in [0, 0.1) is 0 Å². The Morgan fingerprint density at radius 3 is 3.06 bits per heavy atom. The molecule has 16 heavy (non-hydrogen) atoms. The molecule has 1 N–H and O–H groups in total. The van der Waals surface area contributed by atoms with Crippen molar-refractivity contribution in [3.8, 4) is 0 Å². The third-order valence-electron chi connectivity index (χ3n) is 2.12. The van der Waals surface area contributed by atoms with Crippen LogP contribution >= 0.6 is 22.9 Å². The van der Waals surface area contributed by atoms with E-state index in [-0.39, 0.29) is 0 Å². The standard InChI is InChI=1S/C10H11ClN4S/c1-7(10-13-2-3-16-10)4-14-9-8(11)5-12-6-15-9/h2-3,5-7H,4H2,1H3,(H,12,14,15). The van der Waals surface area contributed by atoms with Gasteiger partial charge in [-0.3, -0.25) is 0 Å². The Labute approximate surface area is 103 Å². The summed E-state index contributed by atoms with van der Waals surface area (Å²) in [5.74, 6) is 1.01. The van der Waals surface area contributed by atoms with Crippen molar-refractivity contribution in [2.24, 2.45) is 0 Å². The average Bonchev–Trinajstić information content (AvgIpc) is 2.81. The lowest BCUT2D eigenvalue weighted by Gasteiger charge is -2.10. The van der Waals surface area contributed by atoms with Crippen molar-refractivity contribution >= 4 is 28.8 Å². The van der Waals surface area contributed by atoms with Crippen molar-refractivity contribution in [1.29, 1.82) is 0 Å². The topological polar surface area (TPSA) is 50.7 Å². The smallest absolute Gasteiger partial charge is 0.148 e. The maximum Gasteiger partial charge on any atom is 0.148 e. The number of nitrogens with zero attached hydrogens (tertiary/aromatic N) is 3. The molecule has 2 aromatic heterocycles. The predicted octanol–water partition coefficient (Wildman–Crippen LogP) is 2.80. The predicted molar refractivity (Wildman–Crippen MR) is 66.1 cm³/mol. The number of anilines is 1. The molecule has 0 saturated heterocycles. The third-order valence-corrected chi connectivity index (χ3v) is 3.40. The Balaban J connectivity index is 1.95. The molecule has 1 unspecified atom stereocenters. The van der Waals surface area contributed by atoms with Crippen molar-refractivity contribution in [2.75, 3.05) is 11.9 Å². The van der Waals surface area contributed by atoms with Gasteiger partial charge in [0.05, 0.1) is 11.2 Å². The average molecular weight is 255 g/mol. The summed E-state index contributed by atoms with van der Waals surface area (Å²) in [4.78, 5) is 12.2. The second-order valence-electron chi connectivity index (χ2n) is 3.37. The monoisotopic (exact) mass is 254 g/mol. The van der Waals surface area contributed by atoms with Crippen molar-refractivity contribution in [1.82, 2.24) is 15.0 Å². The second kappa shape index (κ2) is 5.23. The molecule has 0 amide bonds. The largest absolute Gasteiger partial charge is 0.368 e. The molecular formula is C10H11ClN4S. The Hall–Kier alpha value is -1.20. The summed E-state index contributed by atoms with van der Waals surface area (Å²) in [5.41, 5.74) is 0. The van der Waals surface area contributed by atoms with Crippen LogP contribution in [0.5, 0.6) is 0 Å². The third kappa shape index (κ3) is 2.68. The SMILES string of the molecule is CC(CNc1ncncc1Cl)c1nccs1. The molecule has 0 aromatic carbocycles. The van der Waals surface area contributed by atoms with E-state index in [1.54, 1.807) is 17.5 Å². The summed E-state index contributed by atoms with van der Waals surface area (Å²) in [5, 5.41) is 6.81. The first-order valence-corrected chi connectivity index (χ1v) is 6.12. The van der Waals surface area contributed by atoms with Gasteiger partial charge >= 0.3 is 0 Å². The summed E-state index contributed by atoms with van der Waals surface area (Å²) >= 11 is 7.59. The summed E-state index contributed by atoms with van der Waals surface area (Å²) in [7, 11) is 0. The first-order valence-electron chi connectivity index (χ1n) is 4.86. The molecule has 6 heteroatoms. The highest BCUT2D eigenvalue weighted by Crippen LogP contribution is 2.20. The van der Waals surface area contributed by atoms with Gasteiger partial charge in [-0.15, -0.1) is 11.3 Å². The second-order valence-corrected chi connectivity index (χ2v) is 4.70.